The van der Waals surface area contributed by atoms with Crippen LogP contribution in [0.2, 0.25) is 0 Å². The van der Waals surface area contributed by atoms with Crippen LogP contribution in [-0.2, 0) is 28.6 Å². The Hall–Kier alpha value is -2.37. The summed E-state index contributed by atoms with van der Waals surface area (Å²) in [6.45, 7) is 6.69. The van der Waals surface area contributed by atoms with Gasteiger partial charge in [-0.25, -0.2) is 0 Å². The topological polar surface area (TPSA) is 78.9 Å². The van der Waals surface area contributed by atoms with Crippen LogP contribution in [0.25, 0.3) is 0 Å². The zero-order valence-corrected chi connectivity index (χ0v) is 54.8. The molecular formula is C75H140O6. The zero-order valence-electron chi connectivity index (χ0n) is 54.8. The average Bonchev–Trinajstić information content (AvgIpc) is 3.46. The summed E-state index contributed by atoms with van der Waals surface area (Å²) in [5.74, 6) is -0.847. The number of unbranched alkanes of at least 4 members (excludes halogenated alkanes) is 51. The number of rotatable bonds is 68. The first-order chi connectivity index (χ1) is 40.0. The van der Waals surface area contributed by atoms with Crippen LogP contribution in [0.3, 0.4) is 0 Å². The molecule has 0 fully saturated rings. The summed E-state index contributed by atoms with van der Waals surface area (Å²) < 4.78 is 17.0. The van der Waals surface area contributed by atoms with Gasteiger partial charge in [0.05, 0.1) is 0 Å². The van der Waals surface area contributed by atoms with Crippen LogP contribution in [0.1, 0.15) is 406 Å². The van der Waals surface area contributed by atoms with Gasteiger partial charge in [0.15, 0.2) is 6.10 Å². The van der Waals surface area contributed by atoms with Gasteiger partial charge in [-0.15, -0.1) is 0 Å². The first-order valence-corrected chi connectivity index (χ1v) is 36.5. The van der Waals surface area contributed by atoms with Crippen LogP contribution in [0.15, 0.2) is 36.5 Å². The van der Waals surface area contributed by atoms with Gasteiger partial charge < -0.3 is 14.2 Å². The lowest BCUT2D eigenvalue weighted by atomic mass is 10.0. The van der Waals surface area contributed by atoms with E-state index in [1.54, 1.807) is 0 Å². The SMILES string of the molecule is CCCCCC/C=C\CCCCCCCC(=O)OCC(COC(=O)CCCCCCCCCCCCCCCCCCC/C=C\C/C=C\CCCCCCC)OC(=O)CCCCCCCCCCCCCCCCCCCCCCC. The number of ether oxygens (including phenoxy) is 3. The molecule has 0 aliphatic heterocycles. The highest BCUT2D eigenvalue weighted by Gasteiger charge is 2.19. The Labute approximate surface area is 506 Å². The van der Waals surface area contributed by atoms with Crippen molar-refractivity contribution in [2.24, 2.45) is 0 Å². The molecule has 0 N–H and O–H groups in total. The Morgan fingerprint density at radius 1 is 0.247 bits per heavy atom. The third-order valence-electron chi connectivity index (χ3n) is 16.6. The molecule has 0 radical (unpaired) electrons. The molecule has 0 aliphatic rings. The Bertz CT molecular complexity index is 1350. The second-order valence-electron chi connectivity index (χ2n) is 24.9. The summed E-state index contributed by atoms with van der Waals surface area (Å²) in [7, 11) is 0. The van der Waals surface area contributed by atoms with Gasteiger partial charge in [0, 0.05) is 19.3 Å². The lowest BCUT2D eigenvalue weighted by Crippen LogP contribution is -2.30. The van der Waals surface area contributed by atoms with Crippen LogP contribution in [0.4, 0.5) is 0 Å². The van der Waals surface area contributed by atoms with Crippen LogP contribution in [0.5, 0.6) is 0 Å². The van der Waals surface area contributed by atoms with Crippen molar-refractivity contribution in [3.05, 3.63) is 36.5 Å². The summed E-state index contributed by atoms with van der Waals surface area (Å²) >= 11 is 0. The van der Waals surface area contributed by atoms with E-state index in [4.69, 9.17) is 14.2 Å². The predicted molar refractivity (Wildman–Crippen MR) is 353 cm³/mol. The maximum atomic E-state index is 13.0. The van der Waals surface area contributed by atoms with E-state index in [9.17, 15) is 14.4 Å². The van der Waals surface area contributed by atoms with Crippen molar-refractivity contribution in [1.29, 1.82) is 0 Å². The molecule has 0 aromatic heterocycles. The molecule has 0 heterocycles. The first-order valence-electron chi connectivity index (χ1n) is 36.5. The molecule has 0 aromatic carbocycles. The van der Waals surface area contributed by atoms with E-state index >= 15 is 0 Å². The van der Waals surface area contributed by atoms with Gasteiger partial charge in [-0.05, 0) is 77.0 Å². The minimum Gasteiger partial charge on any atom is -0.462 e. The van der Waals surface area contributed by atoms with E-state index in [0.29, 0.717) is 19.3 Å². The fourth-order valence-electron chi connectivity index (χ4n) is 11.1. The Balaban J connectivity index is 4.18. The molecule has 0 rings (SSSR count). The summed E-state index contributed by atoms with van der Waals surface area (Å²) in [6, 6.07) is 0. The summed E-state index contributed by atoms with van der Waals surface area (Å²) in [5, 5.41) is 0. The highest BCUT2D eigenvalue weighted by atomic mass is 16.6. The van der Waals surface area contributed by atoms with Gasteiger partial charge in [0.25, 0.3) is 0 Å². The third kappa shape index (κ3) is 68.3. The molecule has 6 heteroatoms. The van der Waals surface area contributed by atoms with Crippen molar-refractivity contribution in [2.75, 3.05) is 13.2 Å². The maximum absolute atomic E-state index is 13.0. The predicted octanol–water partition coefficient (Wildman–Crippen LogP) is 25.1. The van der Waals surface area contributed by atoms with Crippen LogP contribution < -0.4 is 0 Å². The highest BCUT2D eigenvalue weighted by Crippen LogP contribution is 2.19. The van der Waals surface area contributed by atoms with Gasteiger partial charge in [-0.1, -0.05) is 346 Å². The number of allylic oxidation sites excluding steroid dienone is 6. The van der Waals surface area contributed by atoms with Crippen LogP contribution in [-0.4, -0.2) is 37.2 Å². The number of hydrogen-bond acceptors (Lipinski definition) is 6. The Morgan fingerprint density at radius 3 is 0.704 bits per heavy atom. The molecule has 0 amide bonds. The van der Waals surface area contributed by atoms with Crippen molar-refractivity contribution in [3.63, 3.8) is 0 Å². The van der Waals surface area contributed by atoms with E-state index in [0.717, 1.165) is 70.6 Å². The summed E-state index contributed by atoms with van der Waals surface area (Å²) in [6.07, 6.45) is 87.6. The number of carbonyl (C=O) groups is 3. The molecule has 81 heavy (non-hydrogen) atoms. The van der Waals surface area contributed by atoms with E-state index in [-0.39, 0.29) is 31.1 Å². The van der Waals surface area contributed by atoms with E-state index in [2.05, 4.69) is 57.2 Å². The second kappa shape index (κ2) is 70.1. The molecule has 0 saturated carbocycles. The average molecular weight is 1140 g/mol. The number of hydrogen-bond donors (Lipinski definition) is 0. The third-order valence-corrected chi connectivity index (χ3v) is 16.6. The smallest absolute Gasteiger partial charge is 0.306 e. The zero-order chi connectivity index (χ0) is 58.5. The van der Waals surface area contributed by atoms with Gasteiger partial charge in [-0.2, -0.15) is 0 Å². The Kier molecular flexibility index (Phi) is 68.1. The second-order valence-corrected chi connectivity index (χ2v) is 24.9. The quantitative estimate of drug-likeness (QED) is 0.0261. The molecule has 476 valence electrons. The lowest BCUT2D eigenvalue weighted by Gasteiger charge is -2.18. The van der Waals surface area contributed by atoms with E-state index < -0.39 is 6.10 Å². The number of esters is 3. The van der Waals surface area contributed by atoms with Crippen molar-refractivity contribution in [2.45, 2.75) is 412 Å². The number of carbonyl (C=O) groups excluding carboxylic acids is 3. The lowest BCUT2D eigenvalue weighted by molar-refractivity contribution is -0.167. The minimum atomic E-state index is -0.773. The molecule has 0 aliphatic carbocycles. The fraction of sp³-hybridized carbons (Fsp3) is 0.880. The molecule has 1 atom stereocenters. The molecule has 0 saturated heterocycles. The van der Waals surface area contributed by atoms with Crippen LogP contribution in [0, 0.1) is 0 Å². The minimum absolute atomic E-state index is 0.0688. The maximum Gasteiger partial charge on any atom is 0.306 e. The van der Waals surface area contributed by atoms with Crippen molar-refractivity contribution >= 4 is 17.9 Å². The fourth-order valence-corrected chi connectivity index (χ4v) is 11.1. The monoisotopic (exact) mass is 1140 g/mol. The van der Waals surface area contributed by atoms with E-state index in [1.807, 2.05) is 0 Å². The standard InChI is InChI=1S/C75H140O6/c1-4-7-10-13-16-19-22-25-27-29-31-33-34-35-36-37-38-39-40-42-43-45-47-50-53-56-59-62-65-68-74(77)80-71-72(70-79-73(76)67-64-61-58-55-52-49-24-21-18-15-12-9-6-3)81-75(78)69-66-63-60-57-54-51-48-46-44-41-32-30-28-26-23-20-17-14-11-8-5-2/h21-22,24-25,29,31,72H,4-20,23,26-28,30,32-71H2,1-3H3/b24-21-,25-22-,31-29-. The Morgan fingerprint density at radius 2 is 0.444 bits per heavy atom. The van der Waals surface area contributed by atoms with Crippen LogP contribution >= 0.6 is 0 Å². The molecule has 0 aromatic rings. The molecule has 1 unspecified atom stereocenters. The van der Waals surface area contributed by atoms with Crippen molar-refractivity contribution in [1.82, 2.24) is 0 Å². The highest BCUT2D eigenvalue weighted by molar-refractivity contribution is 5.71. The summed E-state index contributed by atoms with van der Waals surface area (Å²) in [4.78, 5) is 38.4. The molecular weight excluding hydrogens is 997 g/mol. The van der Waals surface area contributed by atoms with Gasteiger partial charge in [0.2, 0.25) is 0 Å². The van der Waals surface area contributed by atoms with Gasteiger partial charge in [-0.3, -0.25) is 14.4 Å². The largest absolute Gasteiger partial charge is 0.462 e. The van der Waals surface area contributed by atoms with Crippen molar-refractivity contribution in [3.8, 4) is 0 Å². The normalized spacial score (nSPS) is 12.2. The molecule has 6 nitrogen and oxygen atoms in total. The van der Waals surface area contributed by atoms with Crippen molar-refractivity contribution < 1.29 is 28.6 Å². The first kappa shape index (κ1) is 78.6. The van der Waals surface area contributed by atoms with Gasteiger partial charge >= 0.3 is 17.9 Å². The van der Waals surface area contributed by atoms with Gasteiger partial charge in [0.1, 0.15) is 13.2 Å². The van der Waals surface area contributed by atoms with E-state index in [1.165, 1.54) is 295 Å². The summed E-state index contributed by atoms with van der Waals surface area (Å²) in [5.41, 5.74) is 0. The molecule has 0 spiro atoms. The molecule has 0 bridgehead atoms.